The van der Waals surface area contributed by atoms with Gasteiger partial charge in [-0.15, -0.1) is 0 Å². The van der Waals surface area contributed by atoms with E-state index in [9.17, 15) is 4.79 Å². The lowest BCUT2D eigenvalue weighted by atomic mass is 10.0. The Morgan fingerprint density at radius 3 is 3.18 bits per heavy atom. The summed E-state index contributed by atoms with van der Waals surface area (Å²) in [6, 6.07) is 0.296. The smallest absolute Gasteiger partial charge is 0.224 e. The SMILES string of the molecule is CC1NCCC1C(=O)NCCCc1ncn[nH]1. The zero-order valence-electron chi connectivity index (χ0n) is 10.1. The zero-order chi connectivity index (χ0) is 12.1. The number of carbonyl (C=O) groups excluding carboxylic acids is 1. The maximum absolute atomic E-state index is 11.8. The summed E-state index contributed by atoms with van der Waals surface area (Å²) in [5.41, 5.74) is 0. The van der Waals surface area contributed by atoms with Crippen LogP contribution in [0.3, 0.4) is 0 Å². The van der Waals surface area contributed by atoms with E-state index in [1.54, 1.807) is 0 Å². The highest BCUT2D eigenvalue weighted by molar-refractivity contribution is 5.79. The summed E-state index contributed by atoms with van der Waals surface area (Å²) in [7, 11) is 0. The Morgan fingerprint density at radius 1 is 1.65 bits per heavy atom. The number of aromatic amines is 1. The third kappa shape index (κ3) is 3.26. The lowest BCUT2D eigenvalue weighted by Gasteiger charge is -2.14. The number of aryl methyl sites for hydroxylation is 1. The van der Waals surface area contributed by atoms with Gasteiger partial charge in [0.25, 0.3) is 0 Å². The number of nitrogens with one attached hydrogen (secondary N) is 3. The molecule has 1 aliphatic rings. The van der Waals surface area contributed by atoms with Gasteiger partial charge in [-0.25, -0.2) is 4.98 Å². The van der Waals surface area contributed by atoms with Gasteiger partial charge in [0.15, 0.2) is 0 Å². The molecule has 0 aromatic carbocycles. The average Bonchev–Trinajstić information content (AvgIpc) is 2.95. The van der Waals surface area contributed by atoms with Crippen LogP contribution in [0.25, 0.3) is 0 Å². The number of aromatic nitrogens is 3. The van der Waals surface area contributed by atoms with Crippen LogP contribution in [0.1, 0.15) is 25.6 Å². The van der Waals surface area contributed by atoms with E-state index in [0.29, 0.717) is 12.6 Å². The Bertz CT molecular complexity index is 351. The third-order valence-electron chi connectivity index (χ3n) is 3.22. The number of H-pyrrole nitrogens is 1. The minimum Gasteiger partial charge on any atom is -0.356 e. The number of hydrogen-bond donors (Lipinski definition) is 3. The monoisotopic (exact) mass is 237 g/mol. The second-order valence-electron chi connectivity index (χ2n) is 4.46. The first kappa shape index (κ1) is 12.0. The van der Waals surface area contributed by atoms with E-state index >= 15 is 0 Å². The van der Waals surface area contributed by atoms with Crippen LogP contribution >= 0.6 is 0 Å². The van der Waals surface area contributed by atoms with Gasteiger partial charge in [-0.1, -0.05) is 0 Å². The van der Waals surface area contributed by atoms with Gasteiger partial charge in [-0.3, -0.25) is 9.89 Å². The summed E-state index contributed by atoms with van der Waals surface area (Å²) in [6.45, 7) is 3.70. The van der Waals surface area contributed by atoms with Crippen molar-refractivity contribution in [2.24, 2.45) is 5.92 Å². The molecule has 2 atom stereocenters. The first-order valence-electron chi connectivity index (χ1n) is 6.12. The molecule has 2 unspecified atom stereocenters. The zero-order valence-corrected chi connectivity index (χ0v) is 10.1. The lowest BCUT2D eigenvalue weighted by Crippen LogP contribution is -2.37. The number of hydrogen-bond acceptors (Lipinski definition) is 4. The minimum absolute atomic E-state index is 0.125. The first-order chi connectivity index (χ1) is 8.27. The van der Waals surface area contributed by atoms with E-state index in [-0.39, 0.29) is 11.8 Å². The van der Waals surface area contributed by atoms with Gasteiger partial charge in [-0.2, -0.15) is 5.10 Å². The molecule has 6 heteroatoms. The molecular weight excluding hydrogens is 218 g/mol. The highest BCUT2D eigenvalue weighted by atomic mass is 16.1. The molecule has 6 nitrogen and oxygen atoms in total. The number of carbonyl (C=O) groups is 1. The van der Waals surface area contributed by atoms with Gasteiger partial charge < -0.3 is 10.6 Å². The number of nitrogens with zero attached hydrogens (tertiary/aromatic N) is 2. The summed E-state index contributed by atoms with van der Waals surface area (Å²) in [6.07, 6.45) is 4.14. The van der Waals surface area contributed by atoms with E-state index in [2.05, 4.69) is 32.7 Å². The fraction of sp³-hybridized carbons (Fsp3) is 0.727. The number of amides is 1. The Labute approximate surface area is 101 Å². The second-order valence-corrected chi connectivity index (χ2v) is 4.46. The van der Waals surface area contributed by atoms with Crippen LogP contribution in [0.2, 0.25) is 0 Å². The Balaban J connectivity index is 1.63. The van der Waals surface area contributed by atoms with Crippen LogP contribution < -0.4 is 10.6 Å². The Hall–Kier alpha value is -1.43. The fourth-order valence-corrected chi connectivity index (χ4v) is 2.17. The average molecular weight is 237 g/mol. The van der Waals surface area contributed by atoms with Crippen LogP contribution in [-0.4, -0.2) is 40.2 Å². The maximum Gasteiger partial charge on any atom is 0.224 e. The molecule has 17 heavy (non-hydrogen) atoms. The van der Waals surface area contributed by atoms with Gasteiger partial charge in [-0.05, 0) is 26.3 Å². The molecule has 0 saturated carbocycles. The molecular formula is C11H19N5O. The van der Waals surface area contributed by atoms with Crippen molar-refractivity contribution in [3.63, 3.8) is 0 Å². The molecule has 0 radical (unpaired) electrons. The lowest BCUT2D eigenvalue weighted by molar-refractivity contribution is -0.125. The van der Waals surface area contributed by atoms with Crippen LogP contribution in [-0.2, 0) is 11.2 Å². The molecule has 0 bridgehead atoms. The third-order valence-corrected chi connectivity index (χ3v) is 3.22. The summed E-state index contributed by atoms with van der Waals surface area (Å²) in [5, 5.41) is 12.8. The summed E-state index contributed by atoms with van der Waals surface area (Å²) in [5.74, 6) is 1.16. The molecule has 1 fully saturated rings. The largest absolute Gasteiger partial charge is 0.356 e. The first-order valence-corrected chi connectivity index (χ1v) is 6.12. The fourth-order valence-electron chi connectivity index (χ4n) is 2.17. The van der Waals surface area contributed by atoms with E-state index in [4.69, 9.17) is 0 Å². The summed E-state index contributed by atoms with van der Waals surface area (Å²) >= 11 is 0. The topological polar surface area (TPSA) is 82.7 Å². The summed E-state index contributed by atoms with van der Waals surface area (Å²) < 4.78 is 0. The van der Waals surface area contributed by atoms with Crippen molar-refractivity contribution in [2.45, 2.75) is 32.2 Å². The van der Waals surface area contributed by atoms with Crippen molar-refractivity contribution in [3.05, 3.63) is 12.2 Å². The highest BCUT2D eigenvalue weighted by Gasteiger charge is 2.28. The summed E-state index contributed by atoms with van der Waals surface area (Å²) in [4.78, 5) is 15.9. The predicted molar refractivity (Wildman–Crippen MR) is 63.3 cm³/mol. The highest BCUT2D eigenvalue weighted by Crippen LogP contribution is 2.14. The van der Waals surface area contributed by atoms with Crippen molar-refractivity contribution in [1.82, 2.24) is 25.8 Å². The molecule has 1 aromatic rings. The van der Waals surface area contributed by atoms with E-state index in [1.807, 2.05) is 0 Å². The minimum atomic E-state index is 0.125. The molecule has 0 aliphatic carbocycles. The van der Waals surface area contributed by atoms with Gasteiger partial charge in [0.05, 0.1) is 5.92 Å². The molecule has 1 aliphatic heterocycles. The van der Waals surface area contributed by atoms with Crippen LogP contribution in [0, 0.1) is 5.92 Å². The molecule has 2 heterocycles. The molecule has 3 N–H and O–H groups in total. The molecule has 1 amide bonds. The van der Waals surface area contributed by atoms with Crippen LogP contribution in [0.15, 0.2) is 6.33 Å². The van der Waals surface area contributed by atoms with E-state index in [0.717, 1.165) is 31.6 Å². The molecule has 2 rings (SSSR count). The van der Waals surface area contributed by atoms with Crippen molar-refractivity contribution in [2.75, 3.05) is 13.1 Å². The Morgan fingerprint density at radius 2 is 2.53 bits per heavy atom. The Kier molecular flexibility index (Phi) is 4.08. The van der Waals surface area contributed by atoms with Gasteiger partial charge in [0.2, 0.25) is 5.91 Å². The van der Waals surface area contributed by atoms with Crippen molar-refractivity contribution < 1.29 is 4.79 Å². The van der Waals surface area contributed by atoms with Crippen LogP contribution in [0.4, 0.5) is 0 Å². The van der Waals surface area contributed by atoms with Gasteiger partial charge >= 0.3 is 0 Å². The van der Waals surface area contributed by atoms with E-state index in [1.165, 1.54) is 6.33 Å². The standard InChI is InChI=1S/C11H19N5O/c1-8-9(4-6-12-8)11(17)13-5-2-3-10-14-7-15-16-10/h7-9,12H,2-6H2,1H3,(H,13,17)(H,14,15,16). The molecule has 1 saturated heterocycles. The van der Waals surface area contributed by atoms with Gasteiger partial charge in [0.1, 0.15) is 12.2 Å². The predicted octanol–water partition coefficient (Wildman–Crippen LogP) is -0.148. The normalized spacial score (nSPS) is 23.8. The maximum atomic E-state index is 11.8. The van der Waals surface area contributed by atoms with Crippen molar-refractivity contribution in [3.8, 4) is 0 Å². The molecule has 0 spiro atoms. The second kappa shape index (κ2) is 5.77. The number of rotatable bonds is 5. The van der Waals surface area contributed by atoms with Gasteiger partial charge in [0, 0.05) is 19.0 Å². The van der Waals surface area contributed by atoms with Crippen molar-refractivity contribution in [1.29, 1.82) is 0 Å². The molecule has 1 aromatic heterocycles. The van der Waals surface area contributed by atoms with Crippen molar-refractivity contribution >= 4 is 5.91 Å². The molecule has 94 valence electrons. The van der Waals surface area contributed by atoms with Crippen LogP contribution in [0.5, 0.6) is 0 Å². The van der Waals surface area contributed by atoms with E-state index < -0.39 is 0 Å². The quantitative estimate of drug-likeness (QED) is 0.622.